The molecule has 1 aliphatic carbocycles. The van der Waals surface area contributed by atoms with Crippen LogP contribution >= 0.6 is 0 Å². The second-order valence-electron chi connectivity index (χ2n) is 2.48. The maximum Gasteiger partial charge on any atom is 0.106 e. The quantitative estimate of drug-likeness (QED) is 0.354. The van der Waals surface area contributed by atoms with E-state index in [0.717, 1.165) is 12.8 Å². The lowest BCUT2D eigenvalue weighted by Crippen LogP contribution is -1.84. The van der Waals surface area contributed by atoms with Gasteiger partial charge in [-0.1, -0.05) is 0 Å². The summed E-state index contributed by atoms with van der Waals surface area (Å²) in [5.41, 5.74) is 1.20. The molecule has 1 saturated carbocycles. The SMILES string of the molecule is N#C/C=C1\CCC2OC12. The summed E-state index contributed by atoms with van der Waals surface area (Å²) in [7, 11) is 0. The van der Waals surface area contributed by atoms with Gasteiger partial charge >= 0.3 is 0 Å². The monoisotopic (exact) mass is 121 g/mol. The Morgan fingerprint density at radius 2 is 2.67 bits per heavy atom. The summed E-state index contributed by atoms with van der Waals surface area (Å²) < 4.78 is 5.20. The van der Waals surface area contributed by atoms with Gasteiger partial charge in [0.1, 0.15) is 6.10 Å². The van der Waals surface area contributed by atoms with Crippen LogP contribution in [0.1, 0.15) is 12.8 Å². The zero-order valence-electron chi connectivity index (χ0n) is 5.00. The smallest absolute Gasteiger partial charge is 0.106 e. The molecule has 1 saturated heterocycles. The molecule has 2 unspecified atom stereocenters. The number of rotatable bonds is 0. The maximum absolute atomic E-state index is 8.28. The Bertz CT molecular complexity index is 201. The maximum atomic E-state index is 8.28. The van der Waals surface area contributed by atoms with E-state index in [1.807, 2.05) is 6.07 Å². The van der Waals surface area contributed by atoms with Crippen molar-refractivity contribution in [3.05, 3.63) is 11.6 Å². The van der Waals surface area contributed by atoms with Crippen LogP contribution in [0.5, 0.6) is 0 Å². The van der Waals surface area contributed by atoms with E-state index in [-0.39, 0.29) is 0 Å². The number of nitrogens with zero attached hydrogens (tertiary/aromatic N) is 1. The van der Waals surface area contributed by atoms with Crippen molar-refractivity contribution in [2.45, 2.75) is 25.0 Å². The van der Waals surface area contributed by atoms with Crippen LogP contribution in [0.2, 0.25) is 0 Å². The van der Waals surface area contributed by atoms with Gasteiger partial charge in [0.15, 0.2) is 0 Å². The van der Waals surface area contributed by atoms with Gasteiger partial charge in [-0.05, 0) is 18.4 Å². The zero-order valence-corrected chi connectivity index (χ0v) is 5.00. The fourth-order valence-electron chi connectivity index (χ4n) is 1.38. The predicted octanol–water partition coefficient (Wildman–Crippen LogP) is 0.998. The number of allylic oxidation sites excluding steroid dienone is 1. The van der Waals surface area contributed by atoms with Crippen LogP contribution in [0, 0.1) is 11.3 Å². The highest BCUT2D eigenvalue weighted by Gasteiger charge is 2.46. The molecular formula is C7H7NO. The van der Waals surface area contributed by atoms with Crippen molar-refractivity contribution in [3.63, 3.8) is 0 Å². The topological polar surface area (TPSA) is 36.3 Å². The van der Waals surface area contributed by atoms with E-state index in [1.54, 1.807) is 6.08 Å². The largest absolute Gasteiger partial charge is 0.365 e. The van der Waals surface area contributed by atoms with Gasteiger partial charge in [-0.2, -0.15) is 5.26 Å². The van der Waals surface area contributed by atoms with Gasteiger partial charge < -0.3 is 4.74 Å². The summed E-state index contributed by atoms with van der Waals surface area (Å²) in [5, 5.41) is 8.28. The van der Waals surface area contributed by atoms with Gasteiger partial charge in [-0.3, -0.25) is 0 Å². The molecule has 0 aromatic rings. The lowest BCUT2D eigenvalue weighted by Gasteiger charge is -1.90. The van der Waals surface area contributed by atoms with Crippen LogP contribution < -0.4 is 0 Å². The third-order valence-electron chi connectivity index (χ3n) is 1.92. The van der Waals surface area contributed by atoms with Crippen molar-refractivity contribution in [3.8, 4) is 6.07 Å². The average Bonchev–Trinajstić information content (AvgIpc) is 2.54. The highest BCUT2D eigenvalue weighted by atomic mass is 16.6. The molecule has 1 aliphatic heterocycles. The molecule has 46 valence electrons. The van der Waals surface area contributed by atoms with Crippen molar-refractivity contribution >= 4 is 0 Å². The molecule has 0 aromatic carbocycles. The van der Waals surface area contributed by atoms with E-state index in [1.165, 1.54) is 5.57 Å². The lowest BCUT2D eigenvalue weighted by atomic mass is 10.2. The Morgan fingerprint density at radius 1 is 1.78 bits per heavy atom. The molecule has 2 rings (SSSR count). The molecule has 0 amide bonds. The Hall–Kier alpha value is -0.810. The van der Waals surface area contributed by atoms with Crippen LogP contribution in [-0.4, -0.2) is 12.2 Å². The molecule has 0 aromatic heterocycles. The number of hydrogen-bond acceptors (Lipinski definition) is 2. The first kappa shape index (κ1) is 5.01. The molecule has 9 heavy (non-hydrogen) atoms. The Labute approximate surface area is 53.7 Å². The van der Waals surface area contributed by atoms with Crippen LogP contribution in [0.25, 0.3) is 0 Å². The third-order valence-corrected chi connectivity index (χ3v) is 1.92. The molecule has 2 fully saturated rings. The molecule has 2 nitrogen and oxygen atoms in total. The van der Waals surface area contributed by atoms with Crippen molar-refractivity contribution in [1.29, 1.82) is 5.26 Å². The van der Waals surface area contributed by atoms with E-state index in [0.29, 0.717) is 12.2 Å². The van der Waals surface area contributed by atoms with Gasteiger partial charge in [0.05, 0.1) is 12.2 Å². The number of fused-ring (bicyclic) bond motifs is 1. The predicted molar refractivity (Wildman–Crippen MR) is 31.6 cm³/mol. The first-order chi connectivity index (χ1) is 4.42. The highest BCUT2D eigenvalue weighted by molar-refractivity contribution is 5.27. The van der Waals surface area contributed by atoms with Gasteiger partial charge in [0.25, 0.3) is 0 Å². The molecule has 0 bridgehead atoms. The van der Waals surface area contributed by atoms with E-state index in [9.17, 15) is 0 Å². The highest BCUT2D eigenvalue weighted by Crippen LogP contribution is 2.42. The van der Waals surface area contributed by atoms with Gasteiger partial charge in [0, 0.05) is 6.08 Å². The minimum absolute atomic E-state index is 0.338. The minimum Gasteiger partial charge on any atom is -0.365 e. The van der Waals surface area contributed by atoms with Crippen molar-refractivity contribution in [2.75, 3.05) is 0 Å². The molecule has 2 heteroatoms. The van der Waals surface area contributed by atoms with Gasteiger partial charge in [-0.25, -0.2) is 0 Å². The summed E-state index contributed by atoms with van der Waals surface area (Å²) in [6.07, 6.45) is 4.63. The summed E-state index contributed by atoms with van der Waals surface area (Å²) in [5.74, 6) is 0. The van der Waals surface area contributed by atoms with E-state index >= 15 is 0 Å². The number of epoxide rings is 1. The van der Waals surface area contributed by atoms with Crippen molar-refractivity contribution in [1.82, 2.24) is 0 Å². The molecular weight excluding hydrogens is 114 g/mol. The van der Waals surface area contributed by atoms with Crippen molar-refractivity contribution in [2.24, 2.45) is 0 Å². The zero-order chi connectivity index (χ0) is 6.27. The van der Waals surface area contributed by atoms with Crippen LogP contribution in [0.15, 0.2) is 11.6 Å². The van der Waals surface area contributed by atoms with E-state index < -0.39 is 0 Å². The first-order valence-electron chi connectivity index (χ1n) is 3.16. The molecule has 2 aliphatic rings. The molecule has 0 N–H and O–H groups in total. The first-order valence-corrected chi connectivity index (χ1v) is 3.16. The van der Waals surface area contributed by atoms with Crippen LogP contribution in [-0.2, 0) is 4.74 Å². The fraction of sp³-hybridized carbons (Fsp3) is 0.571. The Morgan fingerprint density at radius 3 is 3.11 bits per heavy atom. The standard InChI is InChI=1S/C7H7NO/c8-4-3-5-1-2-6-7(5)9-6/h3,6-7H,1-2H2/b5-3+. The Balaban J connectivity index is 2.16. The molecule has 2 atom stereocenters. The Kier molecular flexibility index (Phi) is 0.882. The van der Waals surface area contributed by atoms with E-state index in [2.05, 4.69) is 0 Å². The number of hydrogen-bond donors (Lipinski definition) is 0. The van der Waals surface area contributed by atoms with Crippen LogP contribution in [0.4, 0.5) is 0 Å². The summed E-state index contributed by atoms with van der Waals surface area (Å²) >= 11 is 0. The summed E-state index contributed by atoms with van der Waals surface area (Å²) in [6.45, 7) is 0. The second-order valence-corrected chi connectivity index (χ2v) is 2.48. The fourth-order valence-corrected chi connectivity index (χ4v) is 1.38. The molecule has 0 spiro atoms. The van der Waals surface area contributed by atoms with E-state index in [4.69, 9.17) is 10.00 Å². The number of ether oxygens (including phenoxy) is 1. The van der Waals surface area contributed by atoms with Crippen molar-refractivity contribution < 1.29 is 4.74 Å². The summed E-state index contributed by atoms with van der Waals surface area (Å²) in [4.78, 5) is 0. The van der Waals surface area contributed by atoms with Gasteiger partial charge in [-0.15, -0.1) is 0 Å². The second kappa shape index (κ2) is 1.58. The van der Waals surface area contributed by atoms with Gasteiger partial charge in [0.2, 0.25) is 0 Å². The van der Waals surface area contributed by atoms with Crippen LogP contribution in [0.3, 0.4) is 0 Å². The normalized spacial score (nSPS) is 42.3. The summed E-state index contributed by atoms with van der Waals surface area (Å²) in [6, 6.07) is 2.02. The molecule has 0 radical (unpaired) electrons. The minimum atomic E-state index is 0.338. The average molecular weight is 121 g/mol. The number of nitriles is 1. The third kappa shape index (κ3) is 0.655. The lowest BCUT2D eigenvalue weighted by molar-refractivity contribution is 0.353. The molecule has 1 heterocycles.